The van der Waals surface area contributed by atoms with Crippen LogP contribution in [0.5, 0.6) is 0 Å². The number of likely N-dealkylation sites (N-methyl/N-ethyl adjacent to an activating group) is 1. The molecule has 0 atom stereocenters. The summed E-state index contributed by atoms with van der Waals surface area (Å²) in [6.07, 6.45) is 1.16. The molecule has 0 spiro atoms. The van der Waals surface area contributed by atoms with Gasteiger partial charge < -0.3 is 10.0 Å². The van der Waals surface area contributed by atoms with Crippen LogP contribution in [-0.2, 0) is 16.0 Å². The van der Waals surface area contributed by atoms with Gasteiger partial charge in [-0.1, -0.05) is 12.1 Å². The summed E-state index contributed by atoms with van der Waals surface area (Å²) < 4.78 is 13.0. The van der Waals surface area contributed by atoms with Crippen molar-refractivity contribution in [3.8, 4) is 0 Å². The number of amides is 1. The van der Waals surface area contributed by atoms with Gasteiger partial charge in [-0.15, -0.1) is 0 Å². The van der Waals surface area contributed by atoms with Gasteiger partial charge in [-0.3, -0.25) is 9.59 Å². The summed E-state index contributed by atoms with van der Waals surface area (Å²) >= 11 is 0. The Morgan fingerprint density at radius 3 is 2.68 bits per heavy atom. The molecular weight excluding hydrogens is 249 g/mol. The Hall–Kier alpha value is -1.91. The maximum atomic E-state index is 13.0. The second-order valence-electron chi connectivity index (χ2n) is 4.44. The van der Waals surface area contributed by atoms with E-state index < -0.39 is 5.97 Å². The van der Waals surface area contributed by atoms with Gasteiger partial charge in [0.25, 0.3) is 0 Å². The van der Waals surface area contributed by atoms with E-state index in [1.165, 1.54) is 12.1 Å². The van der Waals surface area contributed by atoms with Crippen molar-refractivity contribution in [1.29, 1.82) is 0 Å². The van der Waals surface area contributed by atoms with Gasteiger partial charge in [0.2, 0.25) is 5.91 Å². The van der Waals surface area contributed by atoms with Crippen molar-refractivity contribution < 1.29 is 19.1 Å². The largest absolute Gasteiger partial charge is 0.481 e. The van der Waals surface area contributed by atoms with Crippen molar-refractivity contribution in [1.82, 2.24) is 4.90 Å². The van der Waals surface area contributed by atoms with E-state index in [0.717, 1.165) is 5.56 Å². The van der Waals surface area contributed by atoms with Crippen LogP contribution < -0.4 is 0 Å². The Morgan fingerprint density at radius 1 is 1.32 bits per heavy atom. The van der Waals surface area contributed by atoms with E-state index in [9.17, 15) is 14.0 Å². The first kappa shape index (κ1) is 15.1. The van der Waals surface area contributed by atoms with Gasteiger partial charge in [-0.25, -0.2) is 4.39 Å². The van der Waals surface area contributed by atoms with E-state index in [0.29, 0.717) is 19.4 Å². The van der Waals surface area contributed by atoms with E-state index in [1.54, 1.807) is 18.0 Å². The number of nitrogens with zero attached hydrogens (tertiary/aromatic N) is 1. The number of halogens is 1. The number of aliphatic carboxylic acids is 1. The number of carbonyl (C=O) groups excluding carboxylic acids is 1. The molecule has 4 nitrogen and oxygen atoms in total. The lowest BCUT2D eigenvalue weighted by molar-refractivity contribution is -0.137. The quantitative estimate of drug-likeness (QED) is 0.823. The van der Waals surface area contributed by atoms with Crippen molar-refractivity contribution in [2.45, 2.75) is 25.7 Å². The van der Waals surface area contributed by atoms with Gasteiger partial charge in [-0.05, 0) is 30.5 Å². The lowest BCUT2D eigenvalue weighted by atomic mass is 10.1. The summed E-state index contributed by atoms with van der Waals surface area (Å²) in [5.41, 5.74) is 0.838. The molecule has 0 aromatic heterocycles. The third-order valence-corrected chi connectivity index (χ3v) is 2.83. The molecule has 0 aliphatic carbocycles. The van der Waals surface area contributed by atoms with Crippen LogP contribution in [0.25, 0.3) is 0 Å². The first-order valence-electron chi connectivity index (χ1n) is 6.19. The Bertz CT molecular complexity index is 448. The molecule has 5 heteroatoms. The molecule has 19 heavy (non-hydrogen) atoms. The van der Waals surface area contributed by atoms with Gasteiger partial charge in [0.15, 0.2) is 0 Å². The SMILES string of the molecule is CN(CCc1cccc(F)c1)C(=O)CCCC(=O)O. The fourth-order valence-electron chi connectivity index (χ4n) is 1.70. The van der Waals surface area contributed by atoms with E-state index in [1.807, 2.05) is 6.07 Å². The molecule has 1 aromatic carbocycles. The molecule has 0 aliphatic rings. The monoisotopic (exact) mass is 267 g/mol. The van der Waals surface area contributed by atoms with Crippen LogP contribution in [0.1, 0.15) is 24.8 Å². The zero-order valence-corrected chi connectivity index (χ0v) is 10.9. The maximum Gasteiger partial charge on any atom is 0.303 e. The lowest BCUT2D eigenvalue weighted by Gasteiger charge is -2.17. The number of carbonyl (C=O) groups is 2. The van der Waals surface area contributed by atoms with Crippen molar-refractivity contribution in [2.24, 2.45) is 0 Å². The van der Waals surface area contributed by atoms with Crippen molar-refractivity contribution >= 4 is 11.9 Å². The Balaban J connectivity index is 2.32. The summed E-state index contributed by atoms with van der Waals surface area (Å²) in [5, 5.41) is 8.48. The van der Waals surface area contributed by atoms with E-state index >= 15 is 0 Å². The number of benzene rings is 1. The van der Waals surface area contributed by atoms with Crippen LogP contribution in [0.3, 0.4) is 0 Å². The lowest BCUT2D eigenvalue weighted by Crippen LogP contribution is -2.28. The molecule has 0 unspecified atom stereocenters. The summed E-state index contributed by atoms with van der Waals surface area (Å²) in [6, 6.07) is 6.28. The van der Waals surface area contributed by atoms with E-state index in [-0.39, 0.29) is 24.6 Å². The summed E-state index contributed by atoms with van der Waals surface area (Å²) in [6.45, 7) is 0.495. The molecule has 0 bridgehead atoms. The third-order valence-electron chi connectivity index (χ3n) is 2.83. The number of hydrogen-bond acceptors (Lipinski definition) is 2. The normalized spacial score (nSPS) is 10.2. The van der Waals surface area contributed by atoms with E-state index in [4.69, 9.17) is 5.11 Å². The van der Waals surface area contributed by atoms with Gasteiger partial charge in [0.05, 0.1) is 0 Å². The summed E-state index contributed by atoms with van der Waals surface area (Å²) in [5.74, 6) is -1.26. The van der Waals surface area contributed by atoms with Crippen LogP contribution in [-0.4, -0.2) is 35.5 Å². The zero-order valence-electron chi connectivity index (χ0n) is 10.9. The highest BCUT2D eigenvalue weighted by Gasteiger charge is 2.09. The minimum Gasteiger partial charge on any atom is -0.481 e. The minimum absolute atomic E-state index is 0.00345. The van der Waals surface area contributed by atoms with Crippen LogP contribution in [0, 0.1) is 5.82 Å². The first-order chi connectivity index (χ1) is 8.99. The van der Waals surface area contributed by atoms with Crippen molar-refractivity contribution in [3.63, 3.8) is 0 Å². The highest BCUT2D eigenvalue weighted by Crippen LogP contribution is 2.06. The van der Waals surface area contributed by atoms with E-state index in [2.05, 4.69) is 0 Å². The molecule has 1 aromatic rings. The second kappa shape index (κ2) is 7.51. The average molecular weight is 267 g/mol. The molecule has 104 valence electrons. The Labute approximate surface area is 111 Å². The minimum atomic E-state index is -0.893. The fourth-order valence-corrected chi connectivity index (χ4v) is 1.70. The standard InChI is InChI=1S/C14H18FNO3/c1-16(13(17)6-3-7-14(18)19)9-8-11-4-2-5-12(15)10-11/h2,4-5,10H,3,6-9H2,1H3,(H,18,19). The highest BCUT2D eigenvalue weighted by molar-refractivity contribution is 5.76. The number of carboxylic acid groups (broad SMARTS) is 1. The molecule has 0 aliphatic heterocycles. The molecule has 1 amide bonds. The van der Waals surface area contributed by atoms with Crippen molar-refractivity contribution in [2.75, 3.05) is 13.6 Å². The topological polar surface area (TPSA) is 57.6 Å². The molecule has 1 rings (SSSR count). The van der Waals surface area contributed by atoms with Gasteiger partial charge >= 0.3 is 5.97 Å². The molecular formula is C14H18FNO3. The predicted molar refractivity (Wildman–Crippen MR) is 69.2 cm³/mol. The highest BCUT2D eigenvalue weighted by atomic mass is 19.1. The molecule has 0 heterocycles. The van der Waals surface area contributed by atoms with Gasteiger partial charge in [0.1, 0.15) is 5.82 Å². The third kappa shape index (κ3) is 5.99. The zero-order chi connectivity index (χ0) is 14.3. The predicted octanol–water partition coefficient (Wildman–Crippen LogP) is 2.08. The molecule has 1 N–H and O–H groups in total. The second-order valence-corrected chi connectivity index (χ2v) is 4.44. The van der Waals surface area contributed by atoms with Crippen LogP contribution in [0.2, 0.25) is 0 Å². The van der Waals surface area contributed by atoms with Gasteiger partial charge in [-0.2, -0.15) is 0 Å². The van der Waals surface area contributed by atoms with Gasteiger partial charge in [0, 0.05) is 26.4 Å². The number of carboxylic acids is 1. The average Bonchev–Trinajstić information content (AvgIpc) is 2.35. The molecule has 0 saturated carbocycles. The first-order valence-corrected chi connectivity index (χ1v) is 6.19. The molecule has 0 radical (unpaired) electrons. The summed E-state index contributed by atoms with van der Waals surface area (Å²) in [4.78, 5) is 23.6. The van der Waals surface area contributed by atoms with Crippen molar-refractivity contribution in [3.05, 3.63) is 35.6 Å². The fraction of sp³-hybridized carbons (Fsp3) is 0.429. The number of rotatable bonds is 7. The smallest absolute Gasteiger partial charge is 0.303 e. The Morgan fingerprint density at radius 2 is 2.05 bits per heavy atom. The number of hydrogen-bond donors (Lipinski definition) is 1. The summed E-state index contributed by atoms with van der Waals surface area (Å²) in [7, 11) is 1.67. The Kier molecular flexibility index (Phi) is 5.99. The van der Waals surface area contributed by atoms with Crippen LogP contribution in [0.15, 0.2) is 24.3 Å². The molecule has 0 saturated heterocycles. The van der Waals surface area contributed by atoms with Crippen LogP contribution in [0.4, 0.5) is 4.39 Å². The maximum absolute atomic E-state index is 13.0. The van der Waals surface area contributed by atoms with Crippen LogP contribution >= 0.6 is 0 Å². The molecule has 0 fully saturated rings.